The van der Waals surface area contributed by atoms with E-state index in [1.807, 2.05) is 73.7 Å². The Morgan fingerprint density at radius 2 is 1.48 bits per heavy atom. The number of hydrogen-bond donors (Lipinski definition) is 3. The topological polar surface area (TPSA) is 79.5 Å². The number of rotatable bonds is 11. The standard InChI is InChI=1S/C27H31N3O3/c1-21-8-5-12-24(18-21)29-27(32)30-25-13-6-11-23(19-25)20-28-26(31)14-7-16-33-17-15-22-9-3-2-4-10-22/h2-6,8-13,18-19H,7,14-17,20H2,1H3,(H,28,31)(H2,29,30,32). The molecule has 0 heterocycles. The van der Waals surface area contributed by atoms with Crippen LogP contribution in [-0.2, 0) is 22.5 Å². The zero-order chi connectivity index (χ0) is 23.3. The summed E-state index contributed by atoms with van der Waals surface area (Å²) in [7, 11) is 0. The molecule has 0 aliphatic heterocycles. The normalized spacial score (nSPS) is 10.5. The van der Waals surface area contributed by atoms with Crippen molar-refractivity contribution in [3.8, 4) is 0 Å². The van der Waals surface area contributed by atoms with Gasteiger partial charge >= 0.3 is 6.03 Å². The van der Waals surface area contributed by atoms with Crippen molar-refractivity contribution in [2.75, 3.05) is 23.8 Å². The molecule has 3 rings (SSSR count). The van der Waals surface area contributed by atoms with Gasteiger partial charge in [0.1, 0.15) is 0 Å². The van der Waals surface area contributed by atoms with Crippen LogP contribution < -0.4 is 16.0 Å². The Kier molecular flexibility index (Phi) is 9.48. The van der Waals surface area contributed by atoms with Gasteiger partial charge in [0.15, 0.2) is 0 Å². The fraction of sp³-hybridized carbons (Fsp3) is 0.259. The Labute approximate surface area is 195 Å². The van der Waals surface area contributed by atoms with Gasteiger partial charge < -0.3 is 20.7 Å². The molecule has 6 heteroatoms. The average molecular weight is 446 g/mol. The van der Waals surface area contributed by atoms with Crippen LogP contribution in [0.3, 0.4) is 0 Å². The maximum absolute atomic E-state index is 12.2. The lowest BCUT2D eigenvalue weighted by Crippen LogP contribution is -2.23. The zero-order valence-corrected chi connectivity index (χ0v) is 19.0. The number of aryl methyl sites for hydroxylation is 1. The Bertz CT molecular complexity index is 1040. The first-order chi connectivity index (χ1) is 16.1. The molecule has 3 aromatic carbocycles. The summed E-state index contributed by atoms with van der Waals surface area (Å²) in [6, 6.07) is 24.9. The first-order valence-corrected chi connectivity index (χ1v) is 11.2. The van der Waals surface area contributed by atoms with Crippen molar-refractivity contribution < 1.29 is 14.3 Å². The van der Waals surface area contributed by atoms with Crippen molar-refractivity contribution in [1.82, 2.24) is 5.32 Å². The monoisotopic (exact) mass is 445 g/mol. The van der Waals surface area contributed by atoms with Gasteiger partial charge in [-0.25, -0.2) is 4.79 Å². The smallest absolute Gasteiger partial charge is 0.323 e. The van der Waals surface area contributed by atoms with Crippen LogP contribution in [0.2, 0.25) is 0 Å². The van der Waals surface area contributed by atoms with Gasteiger partial charge in [0.25, 0.3) is 0 Å². The summed E-state index contributed by atoms with van der Waals surface area (Å²) in [6.45, 7) is 3.60. The molecule has 3 N–H and O–H groups in total. The molecule has 172 valence electrons. The van der Waals surface area contributed by atoms with E-state index in [4.69, 9.17) is 4.74 Å². The van der Waals surface area contributed by atoms with Gasteiger partial charge in [-0.2, -0.15) is 0 Å². The van der Waals surface area contributed by atoms with Crippen molar-refractivity contribution in [3.05, 3.63) is 95.6 Å². The molecule has 3 aromatic rings. The molecule has 0 saturated carbocycles. The van der Waals surface area contributed by atoms with Gasteiger partial charge in [-0.1, -0.05) is 54.6 Å². The van der Waals surface area contributed by atoms with Crippen molar-refractivity contribution in [3.63, 3.8) is 0 Å². The number of amides is 3. The van der Waals surface area contributed by atoms with Crippen LogP contribution in [-0.4, -0.2) is 25.2 Å². The van der Waals surface area contributed by atoms with E-state index in [2.05, 4.69) is 28.1 Å². The minimum Gasteiger partial charge on any atom is -0.381 e. The van der Waals surface area contributed by atoms with E-state index in [1.54, 1.807) is 0 Å². The van der Waals surface area contributed by atoms with E-state index in [1.165, 1.54) is 5.56 Å². The molecule has 6 nitrogen and oxygen atoms in total. The largest absolute Gasteiger partial charge is 0.381 e. The predicted molar refractivity (Wildman–Crippen MR) is 132 cm³/mol. The summed E-state index contributed by atoms with van der Waals surface area (Å²) in [6.07, 6.45) is 1.98. The summed E-state index contributed by atoms with van der Waals surface area (Å²) >= 11 is 0. The quantitative estimate of drug-likeness (QED) is 0.351. The van der Waals surface area contributed by atoms with Gasteiger partial charge in [0.05, 0.1) is 6.61 Å². The van der Waals surface area contributed by atoms with Crippen molar-refractivity contribution >= 4 is 23.3 Å². The zero-order valence-electron chi connectivity index (χ0n) is 19.0. The van der Waals surface area contributed by atoms with Crippen molar-refractivity contribution in [2.45, 2.75) is 32.7 Å². The highest BCUT2D eigenvalue weighted by molar-refractivity contribution is 5.99. The molecule has 0 spiro atoms. The number of anilines is 2. The summed E-state index contributed by atoms with van der Waals surface area (Å²) < 4.78 is 5.63. The Morgan fingerprint density at radius 3 is 2.24 bits per heavy atom. The Morgan fingerprint density at radius 1 is 0.788 bits per heavy atom. The lowest BCUT2D eigenvalue weighted by Gasteiger charge is -2.10. The molecule has 0 saturated heterocycles. The second-order valence-corrected chi connectivity index (χ2v) is 7.88. The molecule has 0 atom stereocenters. The van der Waals surface area contributed by atoms with E-state index in [-0.39, 0.29) is 11.9 Å². The van der Waals surface area contributed by atoms with E-state index < -0.39 is 0 Å². The van der Waals surface area contributed by atoms with Crippen LogP contribution in [0.5, 0.6) is 0 Å². The van der Waals surface area contributed by atoms with Crippen molar-refractivity contribution in [2.24, 2.45) is 0 Å². The maximum Gasteiger partial charge on any atom is 0.323 e. The summed E-state index contributed by atoms with van der Waals surface area (Å²) in [5, 5.41) is 8.56. The fourth-order valence-electron chi connectivity index (χ4n) is 3.34. The number of hydrogen-bond acceptors (Lipinski definition) is 3. The number of carbonyl (C=O) groups is 2. The third-order valence-corrected chi connectivity index (χ3v) is 5.02. The van der Waals surface area contributed by atoms with E-state index >= 15 is 0 Å². The van der Waals surface area contributed by atoms with E-state index in [0.29, 0.717) is 38.3 Å². The first kappa shape index (κ1) is 24.0. The molecular weight excluding hydrogens is 414 g/mol. The van der Waals surface area contributed by atoms with Crippen LogP contribution in [0.15, 0.2) is 78.9 Å². The van der Waals surface area contributed by atoms with Crippen LogP contribution in [0.25, 0.3) is 0 Å². The van der Waals surface area contributed by atoms with E-state index in [0.717, 1.165) is 23.2 Å². The van der Waals surface area contributed by atoms with E-state index in [9.17, 15) is 9.59 Å². The molecule has 3 amide bonds. The highest BCUT2D eigenvalue weighted by Crippen LogP contribution is 2.13. The van der Waals surface area contributed by atoms with Crippen LogP contribution in [0.1, 0.15) is 29.5 Å². The third kappa shape index (κ3) is 9.17. The maximum atomic E-state index is 12.2. The summed E-state index contributed by atoms with van der Waals surface area (Å²) in [5.41, 5.74) is 4.64. The molecule has 0 aliphatic carbocycles. The SMILES string of the molecule is Cc1cccc(NC(=O)Nc2cccc(CNC(=O)CCCOCCc3ccccc3)c2)c1. The molecule has 0 bridgehead atoms. The molecule has 33 heavy (non-hydrogen) atoms. The fourth-order valence-corrected chi connectivity index (χ4v) is 3.34. The lowest BCUT2D eigenvalue weighted by molar-refractivity contribution is -0.121. The van der Waals surface area contributed by atoms with Crippen LogP contribution in [0, 0.1) is 6.92 Å². The number of benzene rings is 3. The molecule has 0 aliphatic rings. The van der Waals surface area contributed by atoms with Gasteiger partial charge in [-0.3, -0.25) is 4.79 Å². The van der Waals surface area contributed by atoms with Crippen LogP contribution >= 0.6 is 0 Å². The predicted octanol–water partition coefficient (Wildman–Crippen LogP) is 5.29. The minimum atomic E-state index is -0.311. The van der Waals surface area contributed by atoms with Crippen LogP contribution in [0.4, 0.5) is 16.2 Å². The Hall–Kier alpha value is -3.64. The third-order valence-electron chi connectivity index (χ3n) is 5.02. The number of ether oxygens (including phenoxy) is 1. The average Bonchev–Trinajstić information content (AvgIpc) is 2.81. The number of urea groups is 1. The number of carbonyl (C=O) groups excluding carboxylic acids is 2. The van der Waals surface area contributed by atoms with Gasteiger partial charge in [-0.05, 0) is 60.7 Å². The highest BCUT2D eigenvalue weighted by atomic mass is 16.5. The number of nitrogens with one attached hydrogen (secondary N) is 3. The van der Waals surface area contributed by atoms with Gasteiger partial charge in [-0.15, -0.1) is 0 Å². The lowest BCUT2D eigenvalue weighted by atomic mass is 10.2. The molecule has 0 aromatic heterocycles. The second kappa shape index (κ2) is 13.0. The van der Waals surface area contributed by atoms with Gasteiger partial charge in [0, 0.05) is 30.9 Å². The van der Waals surface area contributed by atoms with Crippen molar-refractivity contribution in [1.29, 1.82) is 0 Å². The summed E-state index contributed by atoms with van der Waals surface area (Å²) in [5.74, 6) is -0.0165. The minimum absolute atomic E-state index is 0.0165. The second-order valence-electron chi connectivity index (χ2n) is 7.88. The van der Waals surface area contributed by atoms with Gasteiger partial charge in [0.2, 0.25) is 5.91 Å². The summed E-state index contributed by atoms with van der Waals surface area (Å²) in [4.78, 5) is 24.4. The molecule has 0 fully saturated rings. The highest BCUT2D eigenvalue weighted by Gasteiger charge is 2.05. The Balaban J connectivity index is 1.32. The molecule has 0 unspecified atom stereocenters. The first-order valence-electron chi connectivity index (χ1n) is 11.2. The molecular formula is C27H31N3O3. The molecule has 0 radical (unpaired) electrons.